The third-order valence-corrected chi connectivity index (χ3v) is 3.18. The van der Waals surface area contributed by atoms with Gasteiger partial charge >= 0.3 is 5.97 Å². The van der Waals surface area contributed by atoms with E-state index in [0.717, 1.165) is 0 Å². The third-order valence-electron chi connectivity index (χ3n) is 2.04. The van der Waals surface area contributed by atoms with E-state index in [1.54, 1.807) is 0 Å². The third kappa shape index (κ3) is 3.82. The van der Waals surface area contributed by atoms with E-state index in [2.05, 4.69) is 0 Å². The van der Waals surface area contributed by atoms with Crippen LogP contribution < -0.4 is 4.74 Å². The first-order chi connectivity index (χ1) is 8.51. The number of esters is 1. The lowest BCUT2D eigenvalue weighted by molar-refractivity contribution is 0.0441. The molecule has 0 saturated heterocycles. The van der Waals surface area contributed by atoms with Gasteiger partial charge in [-0.05, 0) is 12.1 Å². The standard InChI is InChI=1S/C11H10Cl4O3/c1-17-10-7(14)3-2-6(13)9(10)11(16)18-8(15)4-5-12/h2-3,8H,4-5H2,1H3. The molecule has 3 nitrogen and oxygen atoms in total. The quantitative estimate of drug-likeness (QED) is 0.594. The minimum absolute atomic E-state index is 0.0480. The number of benzene rings is 1. The summed E-state index contributed by atoms with van der Waals surface area (Å²) >= 11 is 23.1. The van der Waals surface area contributed by atoms with E-state index < -0.39 is 11.5 Å². The van der Waals surface area contributed by atoms with Gasteiger partial charge in [0.15, 0.2) is 11.3 Å². The molecule has 1 rings (SSSR count). The van der Waals surface area contributed by atoms with Gasteiger partial charge in [-0.15, -0.1) is 11.6 Å². The maximum absolute atomic E-state index is 11.9. The number of methoxy groups -OCH3 is 1. The summed E-state index contributed by atoms with van der Waals surface area (Å²) in [6, 6.07) is 3.00. The minimum Gasteiger partial charge on any atom is -0.494 e. The first kappa shape index (κ1) is 15.7. The SMILES string of the molecule is COc1c(Cl)ccc(Cl)c1C(=O)OC(Cl)CCCl. The first-order valence-electron chi connectivity index (χ1n) is 4.94. The summed E-state index contributed by atoms with van der Waals surface area (Å²) < 4.78 is 10.0. The highest BCUT2D eigenvalue weighted by Gasteiger charge is 2.22. The number of hydrogen-bond acceptors (Lipinski definition) is 3. The van der Waals surface area contributed by atoms with Crippen LogP contribution in [0.25, 0.3) is 0 Å². The second-order valence-electron chi connectivity index (χ2n) is 3.23. The summed E-state index contributed by atoms with van der Waals surface area (Å²) in [6.07, 6.45) is 0.329. The van der Waals surface area contributed by atoms with E-state index in [-0.39, 0.29) is 27.2 Å². The van der Waals surface area contributed by atoms with Gasteiger partial charge in [0.1, 0.15) is 5.56 Å². The number of hydrogen-bond donors (Lipinski definition) is 0. The Hall–Kier alpha value is -0.350. The van der Waals surface area contributed by atoms with Crippen molar-refractivity contribution in [3.05, 3.63) is 27.7 Å². The van der Waals surface area contributed by atoms with E-state index in [9.17, 15) is 4.79 Å². The molecule has 0 aromatic heterocycles. The van der Waals surface area contributed by atoms with Gasteiger partial charge in [0, 0.05) is 12.3 Å². The zero-order valence-electron chi connectivity index (χ0n) is 9.38. The van der Waals surface area contributed by atoms with E-state index in [1.807, 2.05) is 0 Å². The van der Waals surface area contributed by atoms with Crippen molar-refractivity contribution in [2.45, 2.75) is 12.0 Å². The molecule has 0 radical (unpaired) electrons. The number of halogens is 4. The molecule has 0 fully saturated rings. The van der Waals surface area contributed by atoms with Gasteiger partial charge in [0.05, 0.1) is 17.2 Å². The van der Waals surface area contributed by atoms with Gasteiger partial charge in [0.2, 0.25) is 0 Å². The predicted octanol–water partition coefficient (Wildman–Crippen LogP) is 4.35. The fourth-order valence-corrected chi connectivity index (χ4v) is 2.20. The van der Waals surface area contributed by atoms with Gasteiger partial charge in [-0.1, -0.05) is 34.8 Å². The Morgan fingerprint density at radius 1 is 1.33 bits per heavy atom. The molecular weight excluding hydrogens is 322 g/mol. The zero-order valence-corrected chi connectivity index (χ0v) is 12.4. The smallest absolute Gasteiger partial charge is 0.345 e. The monoisotopic (exact) mass is 330 g/mol. The number of ether oxygens (including phenoxy) is 2. The van der Waals surface area contributed by atoms with Gasteiger partial charge in [-0.2, -0.15) is 0 Å². The molecule has 1 unspecified atom stereocenters. The molecule has 0 saturated carbocycles. The average Bonchev–Trinajstić information content (AvgIpc) is 2.31. The highest BCUT2D eigenvalue weighted by Crippen LogP contribution is 2.34. The van der Waals surface area contributed by atoms with Crippen LogP contribution in [0.15, 0.2) is 12.1 Å². The second-order valence-corrected chi connectivity index (χ2v) is 4.91. The molecule has 0 aliphatic carbocycles. The molecule has 7 heteroatoms. The molecule has 1 atom stereocenters. The van der Waals surface area contributed by atoms with Crippen molar-refractivity contribution in [1.82, 2.24) is 0 Å². The van der Waals surface area contributed by atoms with Crippen LogP contribution in [-0.4, -0.2) is 24.5 Å². The predicted molar refractivity (Wildman–Crippen MR) is 73.4 cm³/mol. The van der Waals surface area contributed by atoms with E-state index in [0.29, 0.717) is 6.42 Å². The number of carbonyl (C=O) groups excluding carboxylic acids is 1. The molecule has 0 N–H and O–H groups in total. The summed E-state index contributed by atoms with van der Waals surface area (Å²) in [7, 11) is 1.38. The molecule has 1 aromatic carbocycles. The molecule has 0 aliphatic heterocycles. The molecule has 0 spiro atoms. The molecule has 0 amide bonds. The van der Waals surface area contributed by atoms with Crippen LogP contribution in [0.4, 0.5) is 0 Å². The molecule has 0 heterocycles. The van der Waals surface area contributed by atoms with Gasteiger partial charge in [-0.25, -0.2) is 4.79 Å². The zero-order chi connectivity index (χ0) is 13.7. The van der Waals surface area contributed by atoms with E-state index in [4.69, 9.17) is 55.9 Å². The van der Waals surface area contributed by atoms with Crippen molar-refractivity contribution >= 4 is 52.4 Å². The summed E-state index contributed by atoms with van der Waals surface area (Å²) in [5.74, 6) is -0.268. The average molecular weight is 332 g/mol. The Balaban J connectivity index is 3.01. The maximum Gasteiger partial charge on any atom is 0.345 e. The maximum atomic E-state index is 11.9. The normalized spacial score (nSPS) is 12.1. The summed E-state index contributed by atoms with van der Waals surface area (Å²) in [6.45, 7) is 0. The summed E-state index contributed by atoms with van der Waals surface area (Å²) in [4.78, 5) is 11.9. The highest BCUT2D eigenvalue weighted by molar-refractivity contribution is 6.37. The Morgan fingerprint density at radius 2 is 1.94 bits per heavy atom. The van der Waals surface area contributed by atoms with Crippen LogP contribution in [-0.2, 0) is 4.74 Å². The van der Waals surface area contributed by atoms with Gasteiger partial charge < -0.3 is 9.47 Å². The Morgan fingerprint density at radius 3 is 2.50 bits per heavy atom. The van der Waals surface area contributed by atoms with Crippen LogP contribution >= 0.6 is 46.4 Å². The van der Waals surface area contributed by atoms with Crippen LogP contribution in [0, 0.1) is 0 Å². The minimum atomic E-state index is -0.824. The number of rotatable bonds is 5. The molecule has 0 bridgehead atoms. The lowest BCUT2D eigenvalue weighted by Crippen LogP contribution is -2.15. The van der Waals surface area contributed by atoms with Gasteiger partial charge in [-0.3, -0.25) is 0 Å². The van der Waals surface area contributed by atoms with Crippen LogP contribution in [0.5, 0.6) is 5.75 Å². The van der Waals surface area contributed by atoms with Gasteiger partial charge in [0.25, 0.3) is 0 Å². The van der Waals surface area contributed by atoms with E-state index in [1.165, 1.54) is 19.2 Å². The topological polar surface area (TPSA) is 35.5 Å². The molecular formula is C11H10Cl4O3. The van der Waals surface area contributed by atoms with E-state index >= 15 is 0 Å². The molecule has 18 heavy (non-hydrogen) atoms. The van der Waals surface area contributed by atoms with Crippen molar-refractivity contribution in [1.29, 1.82) is 0 Å². The summed E-state index contributed by atoms with van der Waals surface area (Å²) in [5, 5.41) is 0.438. The van der Waals surface area contributed by atoms with Crippen LogP contribution in [0.1, 0.15) is 16.8 Å². The largest absolute Gasteiger partial charge is 0.494 e. The number of alkyl halides is 2. The second kappa shape index (κ2) is 7.29. The van der Waals surface area contributed by atoms with Crippen molar-refractivity contribution in [3.8, 4) is 5.75 Å². The first-order valence-corrected chi connectivity index (χ1v) is 6.67. The lowest BCUT2D eigenvalue weighted by Gasteiger charge is -2.14. The Kier molecular flexibility index (Phi) is 6.36. The highest BCUT2D eigenvalue weighted by atomic mass is 35.5. The Bertz CT molecular complexity index is 437. The van der Waals surface area contributed by atoms with Crippen molar-refractivity contribution in [2.24, 2.45) is 0 Å². The lowest BCUT2D eigenvalue weighted by atomic mass is 10.2. The Labute approximate surface area is 125 Å². The van der Waals surface area contributed by atoms with Crippen LogP contribution in [0.2, 0.25) is 10.0 Å². The molecule has 0 aliphatic rings. The fraction of sp³-hybridized carbons (Fsp3) is 0.364. The fourth-order valence-electron chi connectivity index (χ4n) is 1.24. The van der Waals surface area contributed by atoms with Crippen molar-refractivity contribution in [2.75, 3.05) is 13.0 Å². The van der Waals surface area contributed by atoms with Crippen LogP contribution in [0.3, 0.4) is 0 Å². The van der Waals surface area contributed by atoms with Crippen molar-refractivity contribution in [3.63, 3.8) is 0 Å². The summed E-state index contributed by atoms with van der Waals surface area (Å²) in [5.41, 5.74) is -0.776. The number of carbonyl (C=O) groups is 1. The van der Waals surface area contributed by atoms with Crippen molar-refractivity contribution < 1.29 is 14.3 Å². The molecule has 1 aromatic rings. The molecule has 100 valence electrons.